The van der Waals surface area contributed by atoms with Crippen LogP contribution < -0.4 is 10.6 Å². The van der Waals surface area contributed by atoms with Gasteiger partial charge in [0.2, 0.25) is 0 Å². The molecule has 0 amide bonds. The van der Waals surface area contributed by atoms with E-state index in [0.717, 1.165) is 47.3 Å². The highest BCUT2D eigenvalue weighted by molar-refractivity contribution is 7.09. The minimum atomic E-state index is 0.569. The lowest BCUT2D eigenvalue weighted by Gasteiger charge is -2.20. The van der Waals surface area contributed by atoms with Gasteiger partial charge in [-0.1, -0.05) is 6.92 Å². The highest BCUT2D eigenvalue weighted by atomic mass is 32.1. The standard InChI is InChI=1S/C14H21N5S/c1-5-6-12-17-13(15)9(2)14(18-12)19(4)7-11-8-20-10(3)16-11/h8H,5-7H2,1-4H3,(H2,15,17,18). The van der Waals surface area contributed by atoms with Gasteiger partial charge in [-0.15, -0.1) is 11.3 Å². The molecule has 0 atom stereocenters. The van der Waals surface area contributed by atoms with Gasteiger partial charge < -0.3 is 10.6 Å². The molecule has 0 spiro atoms. The molecule has 108 valence electrons. The van der Waals surface area contributed by atoms with Crippen LogP contribution in [0.25, 0.3) is 0 Å². The van der Waals surface area contributed by atoms with Gasteiger partial charge in [0.25, 0.3) is 0 Å². The van der Waals surface area contributed by atoms with Crippen molar-refractivity contribution in [3.8, 4) is 0 Å². The molecule has 0 aliphatic rings. The van der Waals surface area contributed by atoms with Gasteiger partial charge in [-0.3, -0.25) is 0 Å². The van der Waals surface area contributed by atoms with Crippen LogP contribution in [0, 0.1) is 13.8 Å². The summed E-state index contributed by atoms with van der Waals surface area (Å²) >= 11 is 1.66. The van der Waals surface area contributed by atoms with E-state index in [2.05, 4.69) is 32.2 Å². The normalized spacial score (nSPS) is 10.8. The number of hydrogen-bond donors (Lipinski definition) is 1. The molecule has 0 radical (unpaired) electrons. The van der Waals surface area contributed by atoms with E-state index in [9.17, 15) is 0 Å². The van der Waals surface area contributed by atoms with Gasteiger partial charge in [0.05, 0.1) is 17.2 Å². The van der Waals surface area contributed by atoms with Crippen LogP contribution in [-0.2, 0) is 13.0 Å². The summed E-state index contributed by atoms with van der Waals surface area (Å²) in [6.45, 7) is 6.82. The van der Waals surface area contributed by atoms with Gasteiger partial charge in [-0.25, -0.2) is 15.0 Å². The van der Waals surface area contributed by atoms with Crippen molar-refractivity contribution < 1.29 is 0 Å². The van der Waals surface area contributed by atoms with E-state index >= 15 is 0 Å². The molecule has 0 saturated carbocycles. The Balaban J connectivity index is 2.25. The van der Waals surface area contributed by atoms with Crippen LogP contribution in [0.2, 0.25) is 0 Å². The summed E-state index contributed by atoms with van der Waals surface area (Å²) in [5.74, 6) is 2.28. The smallest absolute Gasteiger partial charge is 0.137 e. The lowest BCUT2D eigenvalue weighted by molar-refractivity contribution is 0.803. The fourth-order valence-corrected chi connectivity index (χ4v) is 2.68. The van der Waals surface area contributed by atoms with Gasteiger partial charge in [0.15, 0.2) is 0 Å². The highest BCUT2D eigenvalue weighted by Crippen LogP contribution is 2.23. The van der Waals surface area contributed by atoms with Crippen LogP contribution in [0.5, 0.6) is 0 Å². The second-order valence-electron chi connectivity index (χ2n) is 4.94. The van der Waals surface area contributed by atoms with Crippen LogP contribution in [0.4, 0.5) is 11.6 Å². The van der Waals surface area contributed by atoms with Crippen LogP contribution in [0.3, 0.4) is 0 Å². The monoisotopic (exact) mass is 291 g/mol. The van der Waals surface area contributed by atoms with Crippen molar-refractivity contribution >= 4 is 23.0 Å². The predicted octanol–water partition coefficient (Wildman–Crippen LogP) is 2.72. The van der Waals surface area contributed by atoms with E-state index in [4.69, 9.17) is 5.73 Å². The number of aryl methyl sites for hydroxylation is 2. The lowest BCUT2D eigenvalue weighted by atomic mass is 10.2. The van der Waals surface area contributed by atoms with E-state index in [1.807, 2.05) is 20.9 Å². The van der Waals surface area contributed by atoms with Gasteiger partial charge in [0, 0.05) is 24.4 Å². The van der Waals surface area contributed by atoms with Crippen LogP contribution >= 0.6 is 11.3 Å². The van der Waals surface area contributed by atoms with Crippen molar-refractivity contribution in [2.45, 2.75) is 40.2 Å². The van der Waals surface area contributed by atoms with Gasteiger partial charge in [0.1, 0.15) is 17.5 Å². The Morgan fingerprint density at radius 3 is 2.60 bits per heavy atom. The Bertz CT molecular complexity index is 593. The van der Waals surface area contributed by atoms with Crippen LogP contribution in [-0.4, -0.2) is 22.0 Å². The number of rotatable bonds is 5. The quantitative estimate of drug-likeness (QED) is 0.917. The van der Waals surface area contributed by atoms with Crippen LogP contribution in [0.1, 0.15) is 35.4 Å². The average molecular weight is 291 g/mol. The molecular weight excluding hydrogens is 270 g/mol. The number of nitrogens with zero attached hydrogens (tertiary/aromatic N) is 4. The zero-order valence-electron chi connectivity index (χ0n) is 12.5. The molecule has 2 aromatic heterocycles. The first-order chi connectivity index (χ1) is 9.51. The van der Waals surface area contributed by atoms with Crippen molar-refractivity contribution in [2.75, 3.05) is 17.7 Å². The largest absolute Gasteiger partial charge is 0.383 e. The fourth-order valence-electron chi connectivity index (χ4n) is 2.07. The predicted molar refractivity (Wildman–Crippen MR) is 84.1 cm³/mol. The Hall–Kier alpha value is -1.69. The maximum Gasteiger partial charge on any atom is 0.137 e. The maximum atomic E-state index is 6.00. The topological polar surface area (TPSA) is 67.9 Å². The zero-order valence-corrected chi connectivity index (χ0v) is 13.3. The third-order valence-electron chi connectivity index (χ3n) is 3.11. The molecular formula is C14H21N5S. The first-order valence-electron chi connectivity index (χ1n) is 6.76. The average Bonchev–Trinajstić information content (AvgIpc) is 2.79. The molecule has 2 aromatic rings. The second-order valence-corrected chi connectivity index (χ2v) is 6.00. The summed E-state index contributed by atoms with van der Waals surface area (Å²) in [6.07, 6.45) is 1.86. The number of thiazole rings is 1. The number of anilines is 2. The number of nitrogen functional groups attached to an aromatic ring is 1. The third-order valence-corrected chi connectivity index (χ3v) is 3.93. The summed E-state index contributed by atoms with van der Waals surface area (Å²) in [5, 5.41) is 3.16. The Morgan fingerprint density at radius 2 is 2.00 bits per heavy atom. The molecule has 2 heterocycles. The first-order valence-corrected chi connectivity index (χ1v) is 7.64. The van der Waals surface area contributed by atoms with Gasteiger partial charge >= 0.3 is 0 Å². The summed E-state index contributed by atoms with van der Waals surface area (Å²) in [6, 6.07) is 0. The Morgan fingerprint density at radius 1 is 1.25 bits per heavy atom. The Labute approximate surface area is 123 Å². The zero-order chi connectivity index (χ0) is 14.7. The molecule has 0 aliphatic heterocycles. The molecule has 0 saturated heterocycles. The minimum absolute atomic E-state index is 0.569. The number of hydrogen-bond acceptors (Lipinski definition) is 6. The molecule has 20 heavy (non-hydrogen) atoms. The van der Waals surface area contributed by atoms with E-state index in [1.165, 1.54) is 0 Å². The van der Waals surface area contributed by atoms with Gasteiger partial charge in [-0.2, -0.15) is 0 Å². The van der Waals surface area contributed by atoms with Crippen molar-refractivity contribution in [1.82, 2.24) is 15.0 Å². The maximum absolute atomic E-state index is 6.00. The lowest BCUT2D eigenvalue weighted by Crippen LogP contribution is -2.21. The minimum Gasteiger partial charge on any atom is -0.383 e. The first kappa shape index (κ1) is 14.7. The molecule has 2 rings (SSSR count). The van der Waals surface area contributed by atoms with E-state index in [0.29, 0.717) is 5.82 Å². The summed E-state index contributed by atoms with van der Waals surface area (Å²) in [5.41, 5.74) is 7.98. The summed E-state index contributed by atoms with van der Waals surface area (Å²) in [4.78, 5) is 15.6. The molecule has 0 aliphatic carbocycles. The summed E-state index contributed by atoms with van der Waals surface area (Å²) in [7, 11) is 2.01. The van der Waals surface area contributed by atoms with Crippen molar-refractivity contribution in [2.24, 2.45) is 0 Å². The molecule has 2 N–H and O–H groups in total. The van der Waals surface area contributed by atoms with Crippen molar-refractivity contribution in [3.63, 3.8) is 0 Å². The molecule has 6 heteroatoms. The molecule has 0 aromatic carbocycles. The van der Waals surface area contributed by atoms with Gasteiger partial charge in [-0.05, 0) is 20.3 Å². The molecule has 0 fully saturated rings. The number of nitrogens with two attached hydrogens (primary N) is 1. The third kappa shape index (κ3) is 3.25. The molecule has 5 nitrogen and oxygen atoms in total. The summed E-state index contributed by atoms with van der Waals surface area (Å²) < 4.78 is 0. The number of aromatic nitrogens is 3. The fraction of sp³-hybridized carbons (Fsp3) is 0.500. The van der Waals surface area contributed by atoms with E-state index in [1.54, 1.807) is 11.3 Å². The molecule has 0 bridgehead atoms. The highest BCUT2D eigenvalue weighted by Gasteiger charge is 2.13. The van der Waals surface area contributed by atoms with Crippen molar-refractivity contribution in [3.05, 3.63) is 27.5 Å². The Kier molecular flexibility index (Phi) is 4.54. The van der Waals surface area contributed by atoms with Crippen LogP contribution in [0.15, 0.2) is 5.38 Å². The van der Waals surface area contributed by atoms with E-state index < -0.39 is 0 Å². The van der Waals surface area contributed by atoms with Crippen molar-refractivity contribution in [1.29, 1.82) is 0 Å². The molecule has 0 unspecified atom stereocenters. The second kappa shape index (κ2) is 6.17. The van der Waals surface area contributed by atoms with E-state index in [-0.39, 0.29) is 0 Å². The SMILES string of the molecule is CCCc1nc(N)c(C)c(N(C)Cc2csc(C)n2)n1.